The van der Waals surface area contributed by atoms with Crippen molar-refractivity contribution in [2.45, 2.75) is 19.1 Å². The minimum absolute atomic E-state index is 0.116. The van der Waals surface area contributed by atoms with Gasteiger partial charge in [-0.15, -0.1) is 0 Å². The first-order valence-corrected chi connectivity index (χ1v) is 7.97. The first-order chi connectivity index (χ1) is 12.1. The number of anilines is 1. The maximum atomic E-state index is 12.8. The molecule has 0 N–H and O–H groups in total. The number of nitrogens with zero attached hydrogens (tertiary/aromatic N) is 1. The molecule has 0 fully saturated rings. The van der Waals surface area contributed by atoms with E-state index < -0.39 is 12.1 Å². The highest BCUT2D eigenvalue weighted by molar-refractivity contribution is 6.01. The molecule has 0 aromatic heterocycles. The zero-order valence-corrected chi connectivity index (χ0v) is 14.0. The molecule has 1 atom stereocenters. The minimum Gasteiger partial charge on any atom is -0.478 e. The summed E-state index contributed by atoms with van der Waals surface area (Å²) in [5, 5.41) is 0. The molecule has 25 heavy (non-hydrogen) atoms. The Morgan fingerprint density at radius 2 is 1.96 bits per heavy atom. The Hall–Kier alpha value is -3.08. The fraction of sp³-hybridized carbons (Fsp3) is 0.200. The maximum absolute atomic E-state index is 12.8. The van der Waals surface area contributed by atoms with Crippen molar-refractivity contribution < 1.29 is 19.1 Å². The summed E-state index contributed by atoms with van der Waals surface area (Å²) in [6.45, 7) is 4.14. The standard InChI is InChI=1S/C20H19NO4/c1-3-14-8-10-15(11-9-14)13-21-16-6-4-5-7-17(16)25-18(20(21)23)12-19(22)24-2/h3-11,18H,1,12-13H2,2H3. The van der Waals surface area contributed by atoms with Gasteiger partial charge in [-0.05, 0) is 23.3 Å². The van der Waals surface area contributed by atoms with Crippen LogP contribution in [0.15, 0.2) is 55.1 Å². The fourth-order valence-corrected chi connectivity index (χ4v) is 2.74. The highest BCUT2D eigenvalue weighted by atomic mass is 16.5. The lowest BCUT2D eigenvalue weighted by atomic mass is 10.1. The number of benzene rings is 2. The summed E-state index contributed by atoms with van der Waals surface area (Å²) < 4.78 is 10.4. The van der Waals surface area contributed by atoms with Gasteiger partial charge in [0.15, 0.2) is 6.10 Å². The van der Waals surface area contributed by atoms with E-state index in [1.165, 1.54) is 7.11 Å². The molecule has 1 unspecified atom stereocenters. The van der Waals surface area contributed by atoms with Crippen LogP contribution in [-0.2, 0) is 20.9 Å². The molecule has 0 saturated carbocycles. The second kappa shape index (κ2) is 7.21. The van der Waals surface area contributed by atoms with Crippen LogP contribution in [0.4, 0.5) is 5.69 Å². The second-order valence-corrected chi connectivity index (χ2v) is 5.72. The summed E-state index contributed by atoms with van der Waals surface area (Å²) in [5.74, 6) is -0.149. The van der Waals surface area contributed by atoms with Crippen LogP contribution in [-0.4, -0.2) is 25.1 Å². The molecule has 0 bridgehead atoms. The van der Waals surface area contributed by atoms with Gasteiger partial charge < -0.3 is 14.4 Å². The Balaban J connectivity index is 1.90. The number of methoxy groups -OCH3 is 1. The summed E-state index contributed by atoms with van der Waals surface area (Å²) in [4.78, 5) is 26.1. The summed E-state index contributed by atoms with van der Waals surface area (Å²) in [6, 6.07) is 15.1. The van der Waals surface area contributed by atoms with Crippen LogP contribution in [0.2, 0.25) is 0 Å². The van der Waals surface area contributed by atoms with Crippen LogP contribution < -0.4 is 9.64 Å². The van der Waals surface area contributed by atoms with Crippen molar-refractivity contribution in [1.29, 1.82) is 0 Å². The molecule has 1 amide bonds. The van der Waals surface area contributed by atoms with Gasteiger partial charge in [0.1, 0.15) is 5.75 Å². The lowest BCUT2D eigenvalue weighted by Crippen LogP contribution is -2.46. The minimum atomic E-state index is -0.880. The van der Waals surface area contributed by atoms with Crippen molar-refractivity contribution in [2.24, 2.45) is 0 Å². The average Bonchev–Trinajstić information content (AvgIpc) is 2.65. The van der Waals surface area contributed by atoms with Crippen LogP contribution >= 0.6 is 0 Å². The van der Waals surface area contributed by atoms with Gasteiger partial charge in [0.25, 0.3) is 5.91 Å². The van der Waals surface area contributed by atoms with E-state index in [9.17, 15) is 9.59 Å². The lowest BCUT2D eigenvalue weighted by molar-refractivity contribution is -0.145. The quantitative estimate of drug-likeness (QED) is 0.786. The van der Waals surface area contributed by atoms with E-state index >= 15 is 0 Å². The third-order valence-electron chi connectivity index (χ3n) is 4.10. The van der Waals surface area contributed by atoms with Crippen LogP contribution in [0.5, 0.6) is 5.75 Å². The monoisotopic (exact) mass is 337 g/mol. The summed E-state index contributed by atoms with van der Waals surface area (Å²) in [5.41, 5.74) is 2.69. The third-order valence-corrected chi connectivity index (χ3v) is 4.10. The third kappa shape index (κ3) is 3.55. The first kappa shape index (κ1) is 16.8. The van der Waals surface area contributed by atoms with Crippen molar-refractivity contribution in [2.75, 3.05) is 12.0 Å². The van der Waals surface area contributed by atoms with Gasteiger partial charge >= 0.3 is 5.97 Å². The first-order valence-electron chi connectivity index (χ1n) is 7.97. The van der Waals surface area contributed by atoms with E-state index in [1.807, 2.05) is 42.5 Å². The van der Waals surface area contributed by atoms with Crippen molar-refractivity contribution in [3.63, 3.8) is 0 Å². The predicted octanol–water partition coefficient (Wildman–Crippen LogP) is 3.19. The van der Waals surface area contributed by atoms with Crippen molar-refractivity contribution in [3.8, 4) is 5.75 Å². The zero-order chi connectivity index (χ0) is 17.8. The summed E-state index contributed by atoms with van der Waals surface area (Å²) in [6.07, 6.45) is 0.774. The molecule has 0 saturated heterocycles. The number of fused-ring (bicyclic) bond motifs is 1. The Morgan fingerprint density at radius 1 is 1.24 bits per heavy atom. The average molecular weight is 337 g/mol. The highest BCUT2D eigenvalue weighted by Crippen LogP contribution is 2.35. The SMILES string of the molecule is C=Cc1ccc(CN2C(=O)C(CC(=O)OC)Oc3ccccc32)cc1. The Kier molecular flexibility index (Phi) is 4.84. The van der Waals surface area contributed by atoms with Crippen molar-refractivity contribution in [1.82, 2.24) is 0 Å². The maximum Gasteiger partial charge on any atom is 0.309 e. The van der Waals surface area contributed by atoms with Gasteiger partial charge in [-0.3, -0.25) is 9.59 Å². The number of hydrogen-bond acceptors (Lipinski definition) is 4. The van der Waals surface area contributed by atoms with Gasteiger partial charge in [0, 0.05) is 0 Å². The van der Waals surface area contributed by atoms with Gasteiger partial charge in [0.05, 0.1) is 25.8 Å². The molecule has 2 aromatic rings. The van der Waals surface area contributed by atoms with E-state index in [0.29, 0.717) is 18.0 Å². The number of carbonyl (C=O) groups excluding carboxylic acids is 2. The molecule has 3 rings (SSSR count). The molecule has 2 aromatic carbocycles. The molecular formula is C20H19NO4. The van der Waals surface area contributed by atoms with Crippen LogP contribution in [0.3, 0.4) is 0 Å². The van der Waals surface area contributed by atoms with E-state index in [4.69, 9.17) is 4.74 Å². The molecule has 1 aliphatic heterocycles. The molecule has 5 nitrogen and oxygen atoms in total. The molecule has 1 heterocycles. The normalized spacial score (nSPS) is 16.0. The Bertz CT molecular complexity index is 798. The molecule has 0 aliphatic carbocycles. The van der Waals surface area contributed by atoms with Crippen molar-refractivity contribution in [3.05, 3.63) is 66.2 Å². The van der Waals surface area contributed by atoms with Crippen molar-refractivity contribution >= 4 is 23.6 Å². The number of carbonyl (C=O) groups is 2. The van der Waals surface area contributed by atoms with Crippen LogP contribution in [0.25, 0.3) is 6.08 Å². The fourth-order valence-electron chi connectivity index (χ4n) is 2.74. The molecular weight excluding hydrogens is 318 g/mol. The highest BCUT2D eigenvalue weighted by Gasteiger charge is 2.35. The van der Waals surface area contributed by atoms with Crippen LogP contribution in [0, 0.1) is 0 Å². The number of amides is 1. The predicted molar refractivity (Wildman–Crippen MR) is 95.2 cm³/mol. The number of hydrogen-bond donors (Lipinski definition) is 0. The van der Waals surface area contributed by atoms with E-state index in [1.54, 1.807) is 17.0 Å². The van der Waals surface area contributed by atoms with E-state index in [0.717, 1.165) is 11.1 Å². The molecule has 1 aliphatic rings. The molecule has 0 radical (unpaired) electrons. The van der Waals surface area contributed by atoms with E-state index in [-0.39, 0.29) is 12.3 Å². The molecule has 0 spiro atoms. The molecule has 128 valence electrons. The van der Waals surface area contributed by atoms with Gasteiger partial charge in [-0.2, -0.15) is 0 Å². The zero-order valence-electron chi connectivity index (χ0n) is 14.0. The van der Waals surface area contributed by atoms with Gasteiger partial charge in [-0.1, -0.05) is 49.1 Å². The number of rotatable bonds is 5. The second-order valence-electron chi connectivity index (χ2n) is 5.72. The lowest BCUT2D eigenvalue weighted by Gasteiger charge is -2.34. The van der Waals surface area contributed by atoms with E-state index in [2.05, 4.69) is 11.3 Å². The smallest absolute Gasteiger partial charge is 0.309 e. The van der Waals surface area contributed by atoms with Gasteiger partial charge in [-0.25, -0.2) is 0 Å². The molecule has 5 heteroatoms. The number of ether oxygens (including phenoxy) is 2. The Labute approximate surface area is 146 Å². The number of para-hydroxylation sites is 2. The largest absolute Gasteiger partial charge is 0.478 e. The summed E-state index contributed by atoms with van der Waals surface area (Å²) in [7, 11) is 1.29. The van der Waals surface area contributed by atoms with Crippen LogP contribution in [0.1, 0.15) is 17.5 Å². The Morgan fingerprint density at radius 3 is 2.64 bits per heavy atom. The topological polar surface area (TPSA) is 55.8 Å². The summed E-state index contributed by atoms with van der Waals surface area (Å²) >= 11 is 0. The number of esters is 1. The van der Waals surface area contributed by atoms with Gasteiger partial charge in [0.2, 0.25) is 0 Å².